The van der Waals surface area contributed by atoms with Crippen molar-refractivity contribution in [1.29, 1.82) is 0 Å². The molecule has 1 saturated heterocycles. The summed E-state index contributed by atoms with van der Waals surface area (Å²) in [5.74, 6) is -0.401. The van der Waals surface area contributed by atoms with E-state index in [-0.39, 0.29) is 6.61 Å². The van der Waals surface area contributed by atoms with Crippen LogP contribution in [0, 0.1) is 0 Å². The number of carbonyl (C=O) groups is 1. The van der Waals surface area contributed by atoms with Crippen LogP contribution in [-0.2, 0) is 14.3 Å². The molecule has 0 bridgehead atoms. The summed E-state index contributed by atoms with van der Waals surface area (Å²) in [5.41, 5.74) is 0. The molecule has 5 atom stereocenters. The normalized spacial score (nSPS) is 32.0. The number of esters is 1. The average molecular weight is 320 g/mol. The van der Waals surface area contributed by atoms with Gasteiger partial charge in [-0.1, -0.05) is 39.0 Å². The third-order valence-corrected chi connectivity index (χ3v) is 3.83. The lowest BCUT2D eigenvalue weighted by Gasteiger charge is -2.37. The van der Waals surface area contributed by atoms with Crippen molar-refractivity contribution in [3.05, 3.63) is 0 Å². The first-order valence-corrected chi connectivity index (χ1v) is 8.00. The number of aliphatic hydroxyl groups is 4. The molecule has 4 N–H and O–H groups in total. The molecule has 22 heavy (non-hydrogen) atoms. The van der Waals surface area contributed by atoms with Gasteiger partial charge in [0.25, 0.3) is 0 Å². The summed E-state index contributed by atoms with van der Waals surface area (Å²) >= 11 is 0. The van der Waals surface area contributed by atoms with Crippen molar-refractivity contribution in [3.63, 3.8) is 0 Å². The molecule has 1 heterocycles. The highest BCUT2D eigenvalue weighted by Crippen LogP contribution is 2.20. The molecule has 0 aromatic carbocycles. The van der Waals surface area contributed by atoms with Crippen molar-refractivity contribution in [2.75, 3.05) is 6.61 Å². The molecular formula is C15H28O7. The molecule has 1 unspecified atom stereocenters. The molecule has 7 nitrogen and oxygen atoms in total. The predicted octanol–water partition coefficient (Wildman–Crippen LogP) is 0.0801. The van der Waals surface area contributed by atoms with Gasteiger partial charge in [-0.25, -0.2) is 0 Å². The minimum Gasteiger partial charge on any atom is -0.463 e. The Hall–Kier alpha value is -0.730. The largest absolute Gasteiger partial charge is 0.463 e. The zero-order valence-corrected chi connectivity index (χ0v) is 13.1. The van der Waals surface area contributed by atoms with E-state index in [4.69, 9.17) is 9.47 Å². The SMILES string of the molecule is CCCCCCCCC(=O)OC[C@H]1OC(O)[C@H](O)[C@@H](O)[C@@H]1O. The van der Waals surface area contributed by atoms with E-state index in [0.717, 1.165) is 19.3 Å². The molecule has 1 rings (SSSR count). The van der Waals surface area contributed by atoms with Crippen LogP contribution in [0.15, 0.2) is 0 Å². The number of carbonyl (C=O) groups excluding carboxylic acids is 1. The van der Waals surface area contributed by atoms with E-state index in [1.165, 1.54) is 19.3 Å². The second-order valence-electron chi connectivity index (χ2n) is 5.74. The van der Waals surface area contributed by atoms with Crippen LogP contribution in [0.4, 0.5) is 0 Å². The molecule has 0 aliphatic carbocycles. The van der Waals surface area contributed by atoms with Crippen molar-refractivity contribution < 1.29 is 34.7 Å². The summed E-state index contributed by atoms with van der Waals surface area (Å²) in [6, 6.07) is 0. The maximum atomic E-state index is 11.6. The van der Waals surface area contributed by atoms with Gasteiger partial charge in [0.2, 0.25) is 0 Å². The number of aliphatic hydroxyl groups excluding tert-OH is 4. The second kappa shape index (κ2) is 10.1. The molecule has 0 amide bonds. The Morgan fingerprint density at radius 3 is 2.27 bits per heavy atom. The van der Waals surface area contributed by atoms with Crippen LogP contribution in [0.3, 0.4) is 0 Å². The fraction of sp³-hybridized carbons (Fsp3) is 0.933. The lowest BCUT2D eigenvalue weighted by atomic mass is 9.99. The van der Waals surface area contributed by atoms with Crippen LogP contribution in [0.25, 0.3) is 0 Å². The quantitative estimate of drug-likeness (QED) is 0.351. The van der Waals surface area contributed by atoms with E-state index in [9.17, 15) is 25.2 Å². The van der Waals surface area contributed by atoms with Gasteiger partial charge in [0, 0.05) is 6.42 Å². The fourth-order valence-electron chi connectivity index (χ4n) is 2.37. The number of hydrogen-bond acceptors (Lipinski definition) is 7. The summed E-state index contributed by atoms with van der Waals surface area (Å²) in [6.45, 7) is 1.88. The summed E-state index contributed by atoms with van der Waals surface area (Å²) in [6.07, 6.45) is -0.521. The topological polar surface area (TPSA) is 116 Å². The molecule has 0 saturated carbocycles. The monoisotopic (exact) mass is 320 g/mol. The Morgan fingerprint density at radius 1 is 0.955 bits per heavy atom. The summed E-state index contributed by atoms with van der Waals surface area (Å²) in [5, 5.41) is 37.9. The average Bonchev–Trinajstić information content (AvgIpc) is 2.51. The molecule has 130 valence electrons. The van der Waals surface area contributed by atoms with Crippen molar-refractivity contribution in [2.45, 2.75) is 82.6 Å². The Balaban J connectivity index is 2.18. The van der Waals surface area contributed by atoms with E-state index in [1.54, 1.807) is 0 Å². The second-order valence-corrected chi connectivity index (χ2v) is 5.74. The van der Waals surface area contributed by atoms with Crippen LogP contribution < -0.4 is 0 Å². The summed E-state index contributed by atoms with van der Waals surface area (Å²) in [4.78, 5) is 11.6. The van der Waals surface area contributed by atoms with Gasteiger partial charge in [-0.15, -0.1) is 0 Å². The van der Waals surface area contributed by atoms with Gasteiger partial charge >= 0.3 is 5.97 Å². The van der Waals surface area contributed by atoms with Gasteiger partial charge in [-0.3, -0.25) is 4.79 Å². The van der Waals surface area contributed by atoms with E-state index >= 15 is 0 Å². The predicted molar refractivity (Wildman–Crippen MR) is 77.9 cm³/mol. The van der Waals surface area contributed by atoms with Gasteiger partial charge in [-0.05, 0) is 6.42 Å². The minimum absolute atomic E-state index is 0.267. The number of unbranched alkanes of at least 4 members (excludes halogenated alkanes) is 5. The van der Waals surface area contributed by atoms with Crippen LogP contribution in [0.2, 0.25) is 0 Å². The Morgan fingerprint density at radius 2 is 1.59 bits per heavy atom. The lowest BCUT2D eigenvalue weighted by Crippen LogP contribution is -2.58. The maximum absolute atomic E-state index is 11.6. The molecule has 1 fully saturated rings. The number of rotatable bonds is 9. The van der Waals surface area contributed by atoms with Crippen LogP contribution in [0.1, 0.15) is 51.9 Å². The molecule has 0 radical (unpaired) electrons. The first kappa shape index (κ1) is 19.3. The van der Waals surface area contributed by atoms with Crippen molar-refractivity contribution in [1.82, 2.24) is 0 Å². The molecular weight excluding hydrogens is 292 g/mol. The van der Waals surface area contributed by atoms with E-state index < -0.39 is 36.7 Å². The Labute approximate surface area is 130 Å². The van der Waals surface area contributed by atoms with E-state index in [1.807, 2.05) is 0 Å². The summed E-state index contributed by atoms with van der Waals surface area (Å²) < 4.78 is 9.90. The van der Waals surface area contributed by atoms with Crippen LogP contribution in [-0.4, -0.2) is 63.7 Å². The zero-order valence-electron chi connectivity index (χ0n) is 13.1. The molecule has 0 spiro atoms. The Bertz CT molecular complexity index is 323. The molecule has 7 heteroatoms. The number of ether oxygens (including phenoxy) is 2. The van der Waals surface area contributed by atoms with Gasteiger partial charge in [0.15, 0.2) is 6.29 Å². The maximum Gasteiger partial charge on any atom is 0.305 e. The fourth-order valence-corrected chi connectivity index (χ4v) is 2.37. The summed E-state index contributed by atoms with van der Waals surface area (Å²) in [7, 11) is 0. The first-order chi connectivity index (χ1) is 10.5. The first-order valence-electron chi connectivity index (χ1n) is 8.00. The third-order valence-electron chi connectivity index (χ3n) is 3.83. The van der Waals surface area contributed by atoms with Crippen molar-refractivity contribution >= 4 is 5.97 Å². The van der Waals surface area contributed by atoms with Gasteiger partial charge in [0.1, 0.15) is 31.0 Å². The van der Waals surface area contributed by atoms with Crippen LogP contribution in [0.5, 0.6) is 0 Å². The standard InChI is InChI=1S/C15H28O7/c1-2-3-4-5-6-7-8-11(16)21-9-10-12(17)13(18)14(19)15(20)22-10/h10,12-15,17-20H,2-9H2,1H3/t10-,12-,13+,14-,15?/m1/s1. The smallest absolute Gasteiger partial charge is 0.305 e. The highest BCUT2D eigenvalue weighted by molar-refractivity contribution is 5.69. The van der Waals surface area contributed by atoms with Gasteiger partial charge in [0.05, 0.1) is 0 Å². The van der Waals surface area contributed by atoms with Gasteiger partial charge < -0.3 is 29.9 Å². The van der Waals surface area contributed by atoms with Crippen LogP contribution >= 0.6 is 0 Å². The Kier molecular flexibility index (Phi) is 8.89. The lowest BCUT2D eigenvalue weighted by molar-refractivity contribution is -0.287. The zero-order chi connectivity index (χ0) is 16.5. The minimum atomic E-state index is -1.61. The number of hydrogen-bond donors (Lipinski definition) is 4. The van der Waals surface area contributed by atoms with Crippen molar-refractivity contribution in [2.24, 2.45) is 0 Å². The molecule has 0 aromatic rings. The highest BCUT2D eigenvalue weighted by atomic mass is 16.6. The van der Waals surface area contributed by atoms with E-state index in [0.29, 0.717) is 6.42 Å². The highest BCUT2D eigenvalue weighted by Gasteiger charge is 2.43. The van der Waals surface area contributed by atoms with Crippen molar-refractivity contribution in [3.8, 4) is 0 Å². The third kappa shape index (κ3) is 6.18. The van der Waals surface area contributed by atoms with E-state index in [2.05, 4.69) is 6.92 Å². The van der Waals surface area contributed by atoms with Gasteiger partial charge in [-0.2, -0.15) is 0 Å². The molecule has 1 aliphatic rings. The molecule has 0 aromatic heterocycles. The molecule has 1 aliphatic heterocycles.